The van der Waals surface area contributed by atoms with Crippen LogP contribution in [-0.2, 0) is 9.59 Å². The van der Waals surface area contributed by atoms with Gasteiger partial charge in [0, 0.05) is 37.3 Å². The predicted molar refractivity (Wildman–Crippen MR) is 130 cm³/mol. The number of rotatable bonds is 6. The van der Waals surface area contributed by atoms with Crippen molar-refractivity contribution in [2.75, 3.05) is 28.6 Å². The Kier molecular flexibility index (Phi) is 6.72. The van der Waals surface area contributed by atoms with Gasteiger partial charge < -0.3 is 20.3 Å². The average molecular weight is 448 g/mol. The maximum Gasteiger partial charge on any atom is 0.258 e. The highest BCUT2D eigenvalue weighted by atomic mass is 16.5. The van der Waals surface area contributed by atoms with Crippen molar-refractivity contribution in [3.8, 4) is 5.88 Å². The second kappa shape index (κ2) is 9.85. The molecule has 1 aromatic heterocycles. The highest BCUT2D eigenvalue weighted by molar-refractivity contribution is 5.93. The molecule has 8 heteroatoms. The molecule has 1 aliphatic rings. The predicted octanol–water partition coefficient (Wildman–Crippen LogP) is 4.23. The summed E-state index contributed by atoms with van der Waals surface area (Å²) < 4.78 is 5.97. The number of aromatic nitrogens is 2. The number of amides is 2. The molecule has 2 aromatic carbocycles. The molecule has 2 N–H and O–H groups in total. The van der Waals surface area contributed by atoms with Crippen LogP contribution in [0.5, 0.6) is 5.88 Å². The van der Waals surface area contributed by atoms with Gasteiger partial charge >= 0.3 is 0 Å². The van der Waals surface area contributed by atoms with E-state index in [-0.39, 0.29) is 23.8 Å². The molecule has 0 spiro atoms. The number of hydrogen-bond acceptors (Lipinski definition) is 6. The lowest BCUT2D eigenvalue weighted by Gasteiger charge is -2.33. The molecule has 0 saturated carbocycles. The summed E-state index contributed by atoms with van der Waals surface area (Å²) in [7, 11) is 0. The van der Waals surface area contributed by atoms with Gasteiger partial charge in [-0.05, 0) is 63.1 Å². The molecule has 0 bridgehead atoms. The number of ether oxygens (including phenoxy) is 1. The SMILES string of the molecule is CC(=O)Nc1ccc(NC(=O)C2CCN(c3nc4ccccc4nc3OC(C)C)CC2)cc1. The van der Waals surface area contributed by atoms with Crippen molar-refractivity contribution in [1.82, 2.24) is 9.97 Å². The first-order valence-electron chi connectivity index (χ1n) is 11.3. The zero-order valence-corrected chi connectivity index (χ0v) is 19.2. The number of carbonyl (C=O) groups excluding carboxylic acids is 2. The lowest BCUT2D eigenvalue weighted by Crippen LogP contribution is -2.39. The van der Waals surface area contributed by atoms with Crippen molar-refractivity contribution in [2.45, 2.75) is 39.7 Å². The molecule has 2 heterocycles. The standard InChI is InChI=1S/C25H29N5O3/c1-16(2)33-25-23(28-21-6-4-5-7-22(21)29-25)30-14-12-18(13-15-30)24(32)27-20-10-8-19(9-11-20)26-17(3)31/h4-11,16,18H,12-15H2,1-3H3,(H,26,31)(H,27,32). The van der Waals surface area contributed by atoms with Crippen molar-refractivity contribution in [3.63, 3.8) is 0 Å². The number of anilines is 3. The molecule has 172 valence electrons. The Morgan fingerprint density at radius 2 is 1.52 bits per heavy atom. The Hall–Kier alpha value is -3.68. The van der Waals surface area contributed by atoms with Crippen LogP contribution in [0.2, 0.25) is 0 Å². The highest BCUT2D eigenvalue weighted by Gasteiger charge is 2.28. The van der Waals surface area contributed by atoms with Gasteiger partial charge in [0.2, 0.25) is 11.8 Å². The maximum atomic E-state index is 12.8. The van der Waals surface area contributed by atoms with Crippen LogP contribution >= 0.6 is 0 Å². The van der Waals surface area contributed by atoms with Crippen LogP contribution in [0.1, 0.15) is 33.6 Å². The molecule has 0 atom stereocenters. The number of piperidine rings is 1. The van der Waals surface area contributed by atoms with Gasteiger partial charge in [0.25, 0.3) is 5.88 Å². The van der Waals surface area contributed by atoms with E-state index in [1.807, 2.05) is 38.1 Å². The minimum atomic E-state index is -0.128. The summed E-state index contributed by atoms with van der Waals surface area (Å²) in [6.07, 6.45) is 1.41. The highest BCUT2D eigenvalue weighted by Crippen LogP contribution is 2.31. The van der Waals surface area contributed by atoms with Gasteiger partial charge in [0.1, 0.15) is 0 Å². The van der Waals surface area contributed by atoms with Crippen LogP contribution in [0.4, 0.5) is 17.2 Å². The largest absolute Gasteiger partial charge is 0.472 e. The minimum absolute atomic E-state index is 0.00479. The van der Waals surface area contributed by atoms with E-state index in [1.165, 1.54) is 6.92 Å². The maximum absolute atomic E-state index is 12.8. The van der Waals surface area contributed by atoms with E-state index in [1.54, 1.807) is 24.3 Å². The van der Waals surface area contributed by atoms with Crippen LogP contribution in [0, 0.1) is 5.92 Å². The third-order valence-electron chi connectivity index (χ3n) is 5.51. The first-order valence-corrected chi connectivity index (χ1v) is 11.3. The quantitative estimate of drug-likeness (QED) is 0.587. The molecule has 0 unspecified atom stereocenters. The molecule has 0 aliphatic carbocycles. The number of carbonyl (C=O) groups is 2. The Labute approximate surface area is 193 Å². The molecule has 8 nitrogen and oxygen atoms in total. The zero-order chi connectivity index (χ0) is 23.4. The van der Waals surface area contributed by atoms with Crippen molar-refractivity contribution >= 4 is 40.0 Å². The van der Waals surface area contributed by atoms with Crippen LogP contribution in [0.15, 0.2) is 48.5 Å². The Balaban J connectivity index is 1.41. The monoisotopic (exact) mass is 447 g/mol. The Morgan fingerprint density at radius 1 is 0.939 bits per heavy atom. The van der Waals surface area contributed by atoms with E-state index < -0.39 is 0 Å². The second-order valence-electron chi connectivity index (χ2n) is 8.52. The summed E-state index contributed by atoms with van der Waals surface area (Å²) in [4.78, 5) is 35.6. The van der Waals surface area contributed by atoms with Gasteiger partial charge in [0.05, 0.1) is 17.1 Å². The molecular formula is C25H29N5O3. The zero-order valence-electron chi connectivity index (χ0n) is 19.2. The van der Waals surface area contributed by atoms with Gasteiger partial charge in [-0.25, -0.2) is 9.97 Å². The summed E-state index contributed by atoms with van der Waals surface area (Å²) >= 11 is 0. The minimum Gasteiger partial charge on any atom is -0.472 e. The van der Waals surface area contributed by atoms with Crippen LogP contribution in [0.25, 0.3) is 11.0 Å². The van der Waals surface area contributed by atoms with Crippen LogP contribution in [0.3, 0.4) is 0 Å². The fourth-order valence-electron chi connectivity index (χ4n) is 3.92. The summed E-state index contributed by atoms with van der Waals surface area (Å²) in [6, 6.07) is 14.9. The van der Waals surface area contributed by atoms with Crippen molar-refractivity contribution < 1.29 is 14.3 Å². The summed E-state index contributed by atoms with van der Waals surface area (Å²) in [5, 5.41) is 5.70. The van der Waals surface area contributed by atoms with Gasteiger partial charge in [0.15, 0.2) is 5.82 Å². The van der Waals surface area contributed by atoms with E-state index in [0.717, 1.165) is 16.9 Å². The van der Waals surface area contributed by atoms with Gasteiger partial charge in [-0.15, -0.1) is 0 Å². The van der Waals surface area contributed by atoms with E-state index in [0.29, 0.717) is 43.2 Å². The smallest absolute Gasteiger partial charge is 0.258 e. The first kappa shape index (κ1) is 22.5. The molecule has 4 rings (SSSR count). The summed E-state index contributed by atoms with van der Waals surface area (Å²) in [6.45, 7) is 6.80. The molecule has 2 amide bonds. The molecule has 0 radical (unpaired) electrons. The molecule has 3 aromatic rings. The lowest BCUT2D eigenvalue weighted by molar-refractivity contribution is -0.120. The number of benzene rings is 2. The number of nitrogens with zero attached hydrogens (tertiary/aromatic N) is 3. The van der Waals surface area contributed by atoms with Gasteiger partial charge in [-0.1, -0.05) is 12.1 Å². The number of nitrogens with one attached hydrogen (secondary N) is 2. The molecule has 1 saturated heterocycles. The van der Waals surface area contributed by atoms with Crippen LogP contribution < -0.4 is 20.3 Å². The second-order valence-corrected chi connectivity index (χ2v) is 8.52. The van der Waals surface area contributed by atoms with Crippen molar-refractivity contribution in [3.05, 3.63) is 48.5 Å². The van der Waals surface area contributed by atoms with Crippen LogP contribution in [-0.4, -0.2) is 41.0 Å². The Bertz CT molecular complexity index is 1140. The summed E-state index contributed by atoms with van der Waals surface area (Å²) in [5.74, 6) is 1.06. The molecular weight excluding hydrogens is 418 g/mol. The average Bonchev–Trinajstić information content (AvgIpc) is 2.79. The number of para-hydroxylation sites is 2. The third kappa shape index (κ3) is 5.58. The first-order chi connectivity index (χ1) is 15.9. The molecule has 1 fully saturated rings. The topological polar surface area (TPSA) is 96.5 Å². The summed E-state index contributed by atoms with van der Waals surface area (Å²) in [5.41, 5.74) is 3.04. The van der Waals surface area contributed by atoms with Crippen molar-refractivity contribution in [1.29, 1.82) is 0 Å². The van der Waals surface area contributed by atoms with E-state index >= 15 is 0 Å². The molecule has 33 heavy (non-hydrogen) atoms. The van der Waals surface area contributed by atoms with Crippen molar-refractivity contribution in [2.24, 2.45) is 5.92 Å². The fraction of sp³-hybridized carbons (Fsp3) is 0.360. The number of fused-ring (bicyclic) bond motifs is 1. The normalized spacial score (nSPS) is 14.4. The van der Waals surface area contributed by atoms with Gasteiger partial charge in [-0.3, -0.25) is 9.59 Å². The third-order valence-corrected chi connectivity index (χ3v) is 5.51. The lowest BCUT2D eigenvalue weighted by atomic mass is 9.95. The van der Waals surface area contributed by atoms with E-state index in [2.05, 4.69) is 15.5 Å². The number of hydrogen-bond donors (Lipinski definition) is 2. The fourth-order valence-corrected chi connectivity index (χ4v) is 3.92. The van der Waals surface area contributed by atoms with E-state index in [9.17, 15) is 9.59 Å². The molecule has 1 aliphatic heterocycles. The van der Waals surface area contributed by atoms with E-state index in [4.69, 9.17) is 14.7 Å². The van der Waals surface area contributed by atoms with Gasteiger partial charge in [-0.2, -0.15) is 0 Å². The Morgan fingerprint density at radius 3 is 2.09 bits per heavy atom.